The van der Waals surface area contributed by atoms with Crippen LogP contribution in [0.2, 0.25) is 0 Å². The van der Waals surface area contributed by atoms with Gasteiger partial charge in [-0.1, -0.05) is 12.1 Å². The van der Waals surface area contributed by atoms with Gasteiger partial charge in [0.25, 0.3) is 0 Å². The Kier molecular flexibility index (Phi) is 4.09. The van der Waals surface area contributed by atoms with Crippen molar-refractivity contribution in [1.82, 2.24) is 0 Å². The number of rotatable bonds is 1. The van der Waals surface area contributed by atoms with Crippen LogP contribution in [0.15, 0.2) is 24.3 Å². The van der Waals surface area contributed by atoms with Crippen molar-refractivity contribution in [2.75, 3.05) is 19.0 Å². The summed E-state index contributed by atoms with van der Waals surface area (Å²) in [5, 5.41) is 8.57. The maximum Gasteiger partial charge on any atom is 0.407 e. The van der Waals surface area contributed by atoms with Crippen LogP contribution in [0, 0.1) is 5.39 Å². The van der Waals surface area contributed by atoms with Crippen molar-refractivity contribution in [2.24, 2.45) is 0 Å². The van der Waals surface area contributed by atoms with Gasteiger partial charge in [0.15, 0.2) is 4.98 Å². The number of hydrogen-bond acceptors (Lipinski definition) is 2. The highest BCUT2D eigenvalue weighted by atomic mass is 35.5. The molecule has 3 nitrogen and oxygen atoms in total. The number of benzene rings is 1. The van der Waals surface area contributed by atoms with Crippen LogP contribution in [-0.4, -0.2) is 14.1 Å². The van der Waals surface area contributed by atoms with Crippen molar-refractivity contribution in [3.63, 3.8) is 0 Å². The number of hydrogen-bond donors (Lipinski definition) is 0. The summed E-state index contributed by atoms with van der Waals surface area (Å²) >= 11 is 0. The first-order valence-electron chi connectivity index (χ1n) is 3.37. The second-order valence-corrected chi connectivity index (χ2v) is 2.48. The molecule has 0 heterocycles. The Morgan fingerprint density at radius 2 is 1.83 bits per heavy atom. The Balaban J connectivity index is 0.00000121. The Bertz CT molecular complexity index is 291. The van der Waals surface area contributed by atoms with E-state index in [1.54, 1.807) is 6.07 Å². The molecule has 0 fully saturated rings. The van der Waals surface area contributed by atoms with E-state index < -0.39 is 0 Å². The molecule has 0 spiro atoms. The first-order chi connectivity index (χ1) is 5.25. The summed E-state index contributed by atoms with van der Waals surface area (Å²) in [5.41, 5.74) is 1.51. The quantitative estimate of drug-likeness (QED) is 0.537. The van der Waals surface area contributed by atoms with E-state index in [2.05, 4.69) is 4.98 Å². The number of diazo groups is 1. The standard InChI is InChI=1S/C8H10N3.ClH/c1-11(2)8-6-4-3-5-7(8)10-9;/h3-6H,1-2H3;1H/q+1;/p-1. The lowest BCUT2D eigenvalue weighted by atomic mass is 10.2. The highest BCUT2D eigenvalue weighted by molar-refractivity contribution is 5.69. The van der Waals surface area contributed by atoms with E-state index in [1.807, 2.05) is 37.2 Å². The summed E-state index contributed by atoms with van der Waals surface area (Å²) in [6.07, 6.45) is 0. The molecule has 0 aromatic heterocycles. The van der Waals surface area contributed by atoms with Gasteiger partial charge < -0.3 is 17.3 Å². The average molecular weight is 184 g/mol. The van der Waals surface area contributed by atoms with Crippen LogP contribution in [0.3, 0.4) is 0 Å². The molecule has 1 aromatic carbocycles. The largest absolute Gasteiger partial charge is 1.00 e. The predicted molar refractivity (Wildman–Crippen MR) is 45.5 cm³/mol. The van der Waals surface area contributed by atoms with Gasteiger partial charge in [-0.2, -0.15) is 0 Å². The fourth-order valence-corrected chi connectivity index (χ4v) is 0.927. The Labute approximate surface area is 78.0 Å². The van der Waals surface area contributed by atoms with Crippen LogP contribution >= 0.6 is 0 Å². The molecule has 0 unspecified atom stereocenters. The highest BCUT2D eigenvalue weighted by Crippen LogP contribution is 2.25. The van der Waals surface area contributed by atoms with Gasteiger partial charge in [0.2, 0.25) is 5.39 Å². The van der Waals surface area contributed by atoms with Gasteiger partial charge in [-0.3, -0.25) is 0 Å². The van der Waals surface area contributed by atoms with E-state index in [9.17, 15) is 0 Å². The molecule has 0 aliphatic carbocycles. The fraction of sp³-hybridized carbons (Fsp3) is 0.250. The minimum absolute atomic E-state index is 0. The molecule has 0 saturated carbocycles. The lowest BCUT2D eigenvalue weighted by molar-refractivity contribution is -0.00000255. The van der Waals surface area contributed by atoms with Crippen LogP contribution < -0.4 is 17.3 Å². The topological polar surface area (TPSA) is 31.4 Å². The van der Waals surface area contributed by atoms with Crippen LogP contribution in [-0.2, 0) is 0 Å². The second-order valence-electron chi connectivity index (χ2n) is 2.48. The number of anilines is 1. The van der Waals surface area contributed by atoms with E-state index in [0.29, 0.717) is 5.69 Å². The summed E-state index contributed by atoms with van der Waals surface area (Å²) in [5.74, 6) is 0. The highest BCUT2D eigenvalue weighted by Gasteiger charge is 2.12. The fourth-order valence-electron chi connectivity index (χ4n) is 0.927. The van der Waals surface area contributed by atoms with Gasteiger partial charge in [0.05, 0.1) is 0 Å². The molecule has 12 heavy (non-hydrogen) atoms. The van der Waals surface area contributed by atoms with Gasteiger partial charge >= 0.3 is 5.69 Å². The molecular formula is C8H10ClN3. The van der Waals surface area contributed by atoms with Crippen molar-refractivity contribution < 1.29 is 12.4 Å². The number of para-hydroxylation sites is 1. The normalized spacial score (nSPS) is 8.08. The smallest absolute Gasteiger partial charge is 0.407 e. The molecule has 0 N–H and O–H groups in total. The lowest BCUT2D eigenvalue weighted by Gasteiger charge is -2.07. The Morgan fingerprint density at radius 3 is 2.25 bits per heavy atom. The zero-order chi connectivity index (χ0) is 8.27. The molecule has 0 saturated heterocycles. The molecule has 0 aliphatic rings. The molecule has 1 aromatic rings. The minimum atomic E-state index is 0. The van der Waals surface area contributed by atoms with Crippen LogP contribution in [0.4, 0.5) is 11.4 Å². The molecule has 0 radical (unpaired) electrons. The van der Waals surface area contributed by atoms with Gasteiger partial charge in [-0.15, -0.1) is 0 Å². The molecule has 0 aliphatic heterocycles. The van der Waals surface area contributed by atoms with E-state index in [0.717, 1.165) is 5.69 Å². The second kappa shape index (κ2) is 4.58. The van der Waals surface area contributed by atoms with Crippen molar-refractivity contribution in [1.29, 1.82) is 5.39 Å². The van der Waals surface area contributed by atoms with Crippen LogP contribution in [0.1, 0.15) is 0 Å². The summed E-state index contributed by atoms with van der Waals surface area (Å²) in [4.78, 5) is 5.05. The van der Waals surface area contributed by atoms with E-state index in [4.69, 9.17) is 5.39 Å². The minimum Gasteiger partial charge on any atom is -1.00 e. The molecular weight excluding hydrogens is 174 g/mol. The van der Waals surface area contributed by atoms with Gasteiger partial charge in [-0.25, -0.2) is 0 Å². The zero-order valence-corrected chi connectivity index (χ0v) is 7.78. The molecule has 64 valence electrons. The van der Waals surface area contributed by atoms with Gasteiger partial charge in [0.1, 0.15) is 5.69 Å². The third-order valence-electron chi connectivity index (χ3n) is 1.47. The molecule has 1 rings (SSSR count). The van der Waals surface area contributed by atoms with Gasteiger partial charge in [0, 0.05) is 20.2 Å². The van der Waals surface area contributed by atoms with Crippen LogP contribution in [0.5, 0.6) is 0 Å². The average Bonchev–Trinajstić information content (AvgIpc) is 2.04. The third kappa shape index (κ3) is 2.11. The summed E-state index contributed by atoms with van der Waals surface area (Å²) < 4.78 is 0. The van der Waals surface area contributed by atoms with E-state index >= 15 is 0 Å². The number of halogens is 1. The molecule has 0 atom stereocenters. The monoisotopic (exact) mass is 183 g/mol. The zero-order valence-electron chi connectivity index (χ0n) is 7.03. The maximum absolute atomic E-state index is 8.57. The molecule has 4 heteroatoms. The summed E-state index contributed by atoms with van der Waals surface area (Å²) in [7, 11) is 3.81. The molecule has 0 amide bonds. The van der Waals surface area contributed by atoms with Crippen molar-refractivity contribution in [2.45, 2.75) is 0 Å². The maximum atomic E-state index is 8.57. The Morgan fingerprint density at radius 1 is 1.25 bits per heavy atom. The van der Waals surface area contributed by atoms with Gasteiger partial charge in [-0.05, 0) is 6.07 Å². The predicted octanol–water partition coefficient (Wildman–Crippen LogP) is -0.759. The van der Waals surface area contributed by atoms with Crippen molar-refractivity contribution in [3.05, 3.63) is 29.2 Å². The SMILES string of the molecule is CN(C)c1ccccc1[N+]#N.[Cl-]. The lowest BCUT2D eigenvalue weighted by Crippen LogP contribution is -3.00. The Hall–Kier alpha value is -1.27. The van der Waals surface area contributed by atoms with E-state index in [1.165, 1.54) is 0 Å². The first kappa shape index (κ1) is 10.7. The number of nitrogens with zero attached hydrogens (tertiary/aromatic N) is 3. The first-order valence-corrected chi connectivity index (χ1v) is 3.37. The summed E-state index contributed by atoms with van der Waals surface area (Å²) in [6.45, 7) is 0. The molecule has 0 bridgehead atoms. The van der Waals surface area contributed by atoms with E-state index in [-0.39, 0.29) is 12.4 Å². The van der Waals surface area contributed by atoms with Crippen LogP contribution in [0.25, 0.3) is 4.98 Å². The van der Waals surface area contributed by atoms with Crippen molar-refractivity contribution in [3.8, 4) is 0 Å². The third-order valence-corrected chi connectivity index (χ3v) is 1.47. The van der Waals surface area contributed by atoms with Crippen molar-refractivity contribution >= 4 is 11.4 Å². The summed E-state index contributed by atoms with van der Waals surface area (Å²) in [6, 6.07) is 7.40.